The van der Waals surface area contributed by atoms with E-state index < -0.39 is 17.8 Å². The fourth-order valence-corrected chi connectivity index (χ4v) is 2.42. The monoisotopic (exact) mass is 336 g/mol. The van der Waals surface area contributed by atoms with E-state index in [4.69, 9.17) is 4.74 Å². The number of hydrogen-bond donors (Lipinski definition) is 1. The second kappa shape index (κ2) is 7.00. The highest BCUT2D eigenvalue weighted by Gasteiger charge is 2.34. The Morgan fingerprint density at radius 3 is 2.40 bits per heavy atom. The molecular formula is C19H16N2O4. The Kier molecular flexibility index (Phi) is 4.61. The topological polar surface area (TPSA) is 75.7 Å². The van der Waals surface area contributed by atoms with Crippen LogP contribution < -0.4 is 10.4 Å². The predicted molar refractivity (Wildman–Crippen MR) is 92.4 cm³/mol. The van der Waals surface area contributed by atoms with Crippen molar-refractivity contribution in [1.29, 1.82) is 0 Å². The zero-order chi connectivity index (χ0) is 17.8. The molecule has 2 amide bonds. The van der Waals surface area contributed by atoms with E-state index in [0.717, 1.165) is 10.6 Å². The smallest absolute Gasteiger partial charge is 0.338 e. The molecule has 0 saturated carbocycles. The summed E-state index contributed by atoms with van der Waals surface area (Å²) in [5.74, 6) is -1.35. The maximum absolute atomic E-state index is 12.5. The number of nitrogens with zero attached hydrogens (tertiary/aromatic N) is 1. The molecule has 0 spiro atoms. The van der Waals surface area contributed by atoms with Gasteiger partial charge in [0, 0.05) is 0 Å². The number of amides is 2. The van der Waals surface area contributed by atoms with Crippen molar-refractivity contribution in [2.45, 2.75) is 6.92 Å². The largest absolute Gasteiger partial charge is 0.462 e. The number of esters is 1. The second-order valence-electron chi connectivity index (χ2n) is 5.32. The first kappa shape index (κ1) is 16.4. The van der Waals surface area contributed by atoms with E-state index in [1.165, 1.54) is 0 Å². The lowest BCUT2D eigenvalue weighted by Crippen LogP contribution is -2.35. The van der Waals surface area contributed by atoms with Crippen molar-refractivity contribution in [3.8, 4) is 0 Å². The minimum atomic E-state index is -0.469. The third-order valence-electron chi connectivity index (χ3n) is 3.64. The Morgan fingerprint density at radius 1 is 1.08 bits per heavy atom. The third-order valence-corrected chi connectivity index (χ3v) is 3.64. The average Bonchev–Trinajstić information content (AvgIpc) is 2.91. The Balaban J connectivity index is 1.82. The number of hydrazine groups is 1. The standard InChI is InChI=1S/C19H16N2O4/c1-2-25-19(24)14-8-10-15(11-9-14)21-18(23)16(17(22)20-21)12-13-6-4-3-5-7-13/h3-12H,2H2,1H3,(H,20,22)/b16-12-. The average molecular weight is 336 g/mol. The van der Waals surface area contributed by atoms with Gasteiger partial charge < -0.3 is 4.74 Å². The summed E-state index contributed by atoms with van der Waals surface area (Å²) in [6.45, 7) is 2.01. The molecule has 1 saturated heterocycles. The SMILES string of the molecule is CCOC(=O)c1ccc(N2NC(=O)/C(=C/c3ccccc3)C2=O)cc1. The molecule has 25 heavy (non-hydrogen) atoms. The van der Waals surface area contributed by atoms with Crippen molar-refractivity contribution >= 4 is 29.5 Å². The van der Waals surface area contributed by atoms with E-state index in [9.17, 15) is 14.4 Å². The number of nitrogens with one attached hydrogen (secondary N) is 1. The number of anilines is 1. The van der Waals surface area contributed by atoms with Crippen LogP contribution in [0.2, 0.25) is 0 Å². The normalized spacial score (nSPS) is 15.4. The number of hydrogen-bond acceptors (Lipinski definition) is 4. The van der Waals surface area contributed by atoms with Gasteiger partial charge in [0.1, 0.15) is 5.57 Å². The molecule has 1 aliphatic heterocycles. The van der Waals surface area contributed by atoms with Crippen LogP contribution >= 0.6 is 0 Å². The van der Waals surface area contributed by atoms with Crippen molar-refractivity contribution in [2.75, 3.05) is 11.6 Å². The summed E-state index contributed by atoms with van der Waals surface area (Å²) >= 11 is 0. The van der Waals surface area contributed by atoms with Gasteiger partial charge in [-0.3, -0.25) is 15.0 Å². The van der Waals surface area contributed by atoms with Crippen LogP contribution in [0.1, 0.15) is 22.8 Å². The Morgan fingerprint density at radius 2 is 1.76 bits per heavy atom. The van der Waals surface area contributed by atoms with Gasteiger partial charge in [-0.15, -0.1) is 0 Å². The van der Waals surface area contributed by atoms with Gasteiger partial charge >= 0.3 is 5.97 Å². The van der Waals surface area contributed by atoms with Crippen LogP contribution in [0.25, 0.3) is 6.08 Å². The molecule has 1 aliphatic rings. The van der Waals surface area contributed by atoms with Crippen molar-refractivity contribution in [1.82, 2.24) is 5.43 Å². The second-order valence-corrected chi connectivity index (χ2v) is 5.32. The van der Waals surface area contributed by atoms with Gasteiger partial charge in [-0.25, -0.2) is 9.80 Å². The number of carbonyl (C=O) groups is 3. The van der Waals surface area contributed by atoms with Gasteiger partial charge in [-0.2, -0.15) is 0 Å². The van der Waals surface area contributed by atoms with Gasteiger partial charge in [-0.1, -0.05) is 30.3 Å². The number of carbonyl (C=O) groups excluding carboxylic acids is 3. The minimum Gasteiger partial charge on any atom is -0.462 e. The Labute approximate surface area is 144 Å². The van der Waals surface area contributed by atoms with Crippen LogP contribution in [-0.4, -0.2) is 24.4 Å². The van der Waals surface area contributed by atoms with E-state index >= 15 is 0 Å². The van der Waals surface area contributed by atoms with Crippen molar-refractivity contribution < 1.29 is 19.1 Å². The van der Waals surface area contributed by atoms with Crippen LogP contribution in [0.5, 0.6) is 0 Å². The molecule has 0 atom stereocenters. The zero-order valence-corrected chi connectivity index (χ0v) is 13.6. The first-order valence-electron chi connectivity index (χ1n) is 7.79. The number of ether oxygens (including phenoxy) is 1. The highest BCUT2D eigenvalue weighted by molar-refractivity contribution is 6.31. The summed E-state index contributed by atoms with van der Waals surface area (Å²) in [7, 11) is 0. The molecule has 1 N–H and O–H groups in total. The van der Waals surface area contributed by atoms with Crippen molar-refractivity contribution in [3.05, 3.63) is 71.3 Å². The van der Waals surface area contributed by atoms with Crippen molar-refractivity contribution in [2.24, 2.45) is 0 Å². The van der Waals surface area contributed by atoms with Gasteiger partial charge in [-0.05, 0) is 42.8 Å². The Bertz CT molecular complexity index is 841. The summed E-state index contributed by atoms with van der Waals surface area (Å²) in [5.41, 5.74) is 4.18. The molecule has 2 aromatic carbocycles. The van der Waals surface area contributed by atoms with Crippen LogP contribution in [0.15, 0.2) is 60.2 Å². The molecule has 0 radical (unpaired) electrons. The maximum atomic E-state index is 12.5. The first-order chi connectivity index (χ1) is 12.1. The first-order valence-corrected chi connectivity index (χ1v) is 7.79. The minimum absolute atomic E-state index is 0.0562. The molecule has 1 heterocycles. The van der Waals surface area contributed by atoms with E-state index in [0.29, 0.717) is 11.3 Å². The van der Waals surface area contributed by atoms with Crippen LogP contribution in [0.4, 0.5) is 5.69 Å². The van der Waals surface area contributed by atoms with Gasteiger partial charge in [0.2, 0.25) is 0 Å². The van der Waals surface area contributed by atoms with Crippen LogP contribution in [-0.2, 0) is 14.3 Å². The highest BCUT2D eigenvalue weighted by atomic mass is 16.5. The Hall–Kier alpha value is -3.41. The third kappa shape index (κ3) is 3.42. The molecule has 0 unspecified atom stereocenters. The van der Waals surface area contributed by atoms with E-state index in [2.05, 4.69) is 5.43 Å². The molecule has 1 fully saturated rings. The molecule has 6 heteroatoms. The molecule has 0 aromatic heterocycles. The lowest BCUT2D eigenvalue weighted by atomic mass is 10.1. The summed E-state index contributed by atoms with van der Waals surface area (Å²) in [4.78, 5) is 36.3. The molecule has 126 valence electrons. The molecule has 0 bridgehead atoms. The van der Waals surface area contributed by atoms with E-state index in [-0.39, 0.29) is 12.2 Å². The van der Waals surface area contributed by atoms with Crippen LogP contribution in [0.3, 0.4) is 0 Å². The fourth-order valence-electron chi connectivity index (χ4n) is 2.42. The number of rotatable bonds is 4. The van der Waals surface area contributed by atoms with Crippen molar-refractivity contribution in [3.63, 3.8) is 0 Å². The van der Waals surface area contributed by atoms with Gasteiger partial charge in [0.05, 0.1) is 17.9 Å². The zero-order valence-electron chi connectivity index (χ0n) is 13.6. The van der Waals surface area contributed by atoms with Crippen LogP contribution in [0, 0.1) is 0 Å². The molecule has 0 aliphatic carbocycles. The number of benzene rings is 2. The van der Waals surface area contributed by atoms with E-state index in [1.807, 2.05) is 30.3 Å². The molecule has 3 rings (SSSR count). The lowest BCUT2D eigenvalue weighted by Gasteiger charge is -2.14. The molecular weight excluding hydrogens is 320 g/mol. The molecule has 2 aromatic rings. The van der Waals surface area contributed by atoms with E-state index in [1.54, 1.807) is 37.3 Å². The predicted octanol–water partition coefficient (Wildman–Crippen LogP) is 2.32. The lowest BCUT2D eigenvalue weighted by molar-refractivity contribution is -0.117. The van der Waals surface area contributed by atoms with Gasteiger partial charge in [0.15, 0.2) is 0 Å². The fraction of sp³-hybridized carbons (Fsp3) is 0.105. The summed E-state index contributed by atoms with van der Waals surface area (Å²) in [6.07, 6.45) is 1.55. The quantitative estimate of drug-likeness (QED) is 0.528. The maximum Gasteiger partial charge on any atom is 0.338 e. The summed E-state index contributed by atoms with van der Waals surface area (Å²) in [6, 6.07) is 15.4. The van der Waals surface area contributed by atoms with Gasteiger partial charge in [0.25, 0.3) is 11.8 Å². The summed E-state index contributed by atoms with van der Waals surface area (Å²) in [5, 5.41) is 1.16. The molecule has 6 nitrogen and oxygen atoms in total. The highest BCUT2D eigenvalue weighted by Crippen LogP contribution is 2.22. The summed E-state index contributed by atoms with van der Waals surface area (Å²) < 4.78 is 4.92.